The van der Waals surface area contributed by atoms with Crippen LogP contribution in [0.2, 0.25) is 0 Å². The lowest BCUT2D eigenvalue weighted by atomic mass is 10.0. The maximum absolute atomic E-state index is 4.53. The summed E-state index contributed by atoms with van der Waals surface area (Å²) in [6.07, 6.45) is 1.05. The number of pyridine rings is 1. The second-order valence-electron chi connectivity index (χ2n) is 3.92. The lowest BCUT2D eigenvalue weighted by Crippen LogP contribution is -1.99. The molecule has 0 fully saturated rings. The van der Waals surface area contributed by atoms with E-state index in [-0.39, 0.29) is 0 Å². The lowest BCUT2D eigenvalue weighted by Gasteiger charge is -2.08. The predicted octanol–water partition coefficient (Wildman–Crippen LogP) is 3.87. The average molecular weight is 264 g/mol. The van der Waals surface area contributed by atoms with Gasteiger partial charge in [-0.2, -0.15) is 0 Å². The number of benzene rings is 1. The minimum atomic E-state index is 0.503. The van der Waals surface area contributed by atoms with Crippen LogP contribution < -0.4 is 0 Å². The molecule has 15 heavy (non-hydrogen) atoms. The molecule has 1 aromatic heterocycles. The van der Waals surface area contributed by atoms with Crippen LogP contribution in [0.3, 0.4) is 0 Å². The van der Waals surface area contributed by atoms with Gasteiger partial charge in [-0.25, -0.2) is 0 Å². The van der Waals surface area contributed by atoms with Crippen molar-refractivity contribution < 1.29 is 0 Å². The largest absolute Gasteiger partial charge is 0.253 e. The van der Waals surface area contributed by atoms with Gasteiger partial charge in [-0.05, 0) is 31.0 Å². The lowest BCUT2D eigenvalue weighted by molar-refractivity contribution is 0.962. The predicted molar refractivity (Wildman–Crippen MR) is 68.6 cm³/mol. The van der Waals surface area contributed by atoms with Crippen molar-refractivity contribution in [3.8, 4) is 0 Å². The van der Waals surface area contributed by atoms with Crippen LogP contribution >= 0.6 is 15.9 Å². The topological polar surface area (TPSA) is 12.9 Å². The number of aromatic nitrogens is 1. The monoisotopic (exact) mass is 263 g/mol. The van der Waals surface area contributed by atoms with E-state index in [4.69, 9.17) is 0 Å². The zero-order valence-corrected chi connectivity index (χ0v) is 10.6. The van der Waals surface area contributed by atoms with E-state index in [1.54, 1.807) is 0 Å². The number of para-hydroxylation sites is 1. The Morgan fingerprint density at radius 2 is 2.07 bits per heavy atom. The molecular weight excluding hydrogens is 250 g/mol. The van der Waals surface area contributed by atoms with Crippen molar-refractivity contribution in [3.05, 3.63) is 41.6 Å². The number of hydrogen-bond acceptors (Lipinski definition) is 1. The normalized spacial score (nSPS) is 13.0. The van der Waals surface area contributed by atoms with Crippen LogP contribution in [0.4, 0.5) is 0 Å². The summed E-state index contributed by atoms with van der Waals surface area (Å²) in [7, 11) is 0. The highest BCUT2D eigenvalue weighted by molar-refractivity contribution is 9.09. The van der Waals surface area contributed by atoms with Crippen LogP contribution in [0.25, 0.3) is 10.9 Å². The summed E-state index contributed by atoms with van der Waals surface area (Å²) in [6, 6.07) is 10.5. The summed E-state index contributed by atoms with van der Waals surface area (Å²) in [4.78, 5) is 5.03. The van der Waals surface area contributed by atoms with Gasteiger partial charge < -0.3 is 0 Å². The van der Waals surface area contributed by atoms with Crippen molar-refractivity contribution in [2.45, 2.75) is 25.1 Å². The zero-order valence-electron chi connectivity index (χ0n) is 9.00. The van der Waals surface area contributed by atoms with E-state index in [1.807, 2.05) is 6.07 Å². The van der Waals surface area contributed by atoms with Gasteiger partial charge >= 0.3 is 0 Å². The first-order chi connectivity index (χ1) is 7.16. The molecular formula is C13H14BrN. The van der Waals surface area contributed by atoms with Crippen LogP contribution in [-0.4, -0.2) is 9.81 Å². The molecule has 1 heterocycles. The molecule has 0 aliphatic heterocycles. The van der Waals surface area contributed by atoms with Gasteiger partial charge in [-0.1, -0.05) is 41.1 Å². The second-order valence-corrected chi connectivity index (χ2v) is 5.49. The fourth-order valence-electron chi connectivity index (χ4n) is 1.87. The maximum Gasteiger partial charge on any atom is 0.0707 e. The number of aryl methyl sites for hydroxylation is 1. The van der Waals surface area contributed by atoms with Crippen LogP contribution in [0.5, 0.6) is 0 Å². The third kappa shape index (κ3) is 2.37. The van der Waals surface area contributed by atoms with Gasteiger partial charge in [0.05, 0.1) is 5.52 Å². The van der Waals surface area contributed by atoms with Crippen molar-refractivity contribution in [1.82, 2.24) is 4.98 Å². The molecule has 2 aromatic rings. The maximum atomic E-state index is 4.53. The molecule has 1 nitrogen and oxygen atoms in total. The van der Waals surface area contributed by atoms with Crippen LogP contribution in [0.1, 0.15) is 18.2 Å². The number of nitrogens with zero attached hydrogens (tertiary/aromatic N) is 1. The molecule has 0 saturated heterocycles. The molecule has 0 saturated carbocycles. The quantitative estimate of drug-likeness (QED) is 0.750. The summed E-state index contributed by atoms with van der Waals surface area (Å²) in [5, 5.41) is 1.27. The fraction of sp³-hybridized carbons (Fsp3) is 0.308. The van der Waals surface area contributed by atoms with E-state index >= 15 is 0 Å². The van der Waals surface area contributed by atoms with Gasteiger partial charge in [0.2, 0.25) is 0 Å². The minimum Gasteiger partial charge on any atom is -0.253 e. The highest BCUT2D eigenvalue weighted by Crippen LogP contribution is 2.21. The molecule has 0 N–H and O–H groups in total. The summed E-state index contributed by atoms with van der Waals surface area (Å²) in [5.41, 5.74) is 3.57. The molecule has 0 amide bonds. The smallest absolute Gasteiger partial charge is 0.0707 e. The van der Waals surface area contributed by atoms with Crippen molar-refractivity contribution in [2.75, 3.05) is 0 Å². The average Bonchev–Trinajstić information content (AvgIpc) is 2.16. The molecule has 2 rings (SSSR count). The highest BCUT2D eigenvalue weighted by Gasteiger charge is 2.05. The van der Waals surface area contributed by atoms with Gasteiger partial charge in [0.1, 0.15) is 0 Å². The molecule has 0 aliphatic carbocycles. The molecule has 1 atom stereocenters. The number of hydrogen-bond donors (Lipinski definition) is 0. The number of halogens is 1. The standard InChI is InChI=1S/C13H14BrN/c1-9(14)7-11-8-10(2)15-13-6-4-3-5-12(11)13/h3-6,8-9H,7H2,1-2H3. The van der Waals surface area contributed by atoms with Crippen molar-refractivity contribution in [1.29, 1.82) is 0 Å². The van der Waals surface area contributed by atoms with E-state index in [9.17, 15) is 0 Å². The fourth-order valence-corrected chi connectivity index (χ4v) is 2.22. The van der Waals surface area contributed by atoms with Gasteiger partial charge in [0.15, 0.2) is 0 Å². The Kier molecular flexibility index (Phi) is 3.06. The Labute approximate surface area is 98.7 Å². The molecule has 78 valence electrons. The summed E-state index contributed by atoms with van der Waals surface area (Å²) in [5.74, 6) is 0. The Balaban J connectivity index is 2.60. The molecule has 0 aliphatic rings. The van der Waals surface area contributed by atoms with E-state index in [2.05, 4.69) is 59.0 Å². The second kappa shape index (κ2) is 4.31. The van der Waals surface area contributed by atoms with E-state index in [0.29, 0.717) is 4.83 Å². The summed E-state index contributed by atoms with van der Waals surface area (Å²) >= 11 is 3.60. The Hall–Kier alpha value is -0.890. The van der Waals surface area contributed by atoms with Gasteiger partial charge in [0, 0.05) is 15.9 Å². The first kappa shape index (κ1) is 10.6. The Morgan fingerprint density at radius 1 is 1.33 bits per heavy atom. The Morgan fingerprint density at radius 3 is 2.80 bits per heavy atom. The van der Waals surface area contributed by atoms with Crippen LogP contribution in [0, 0.1) is 6.92 Å². The zero-order chi connectivity index (χ0) is 10.8. The number of fused-ring (bicyclic) bond motifs is 1. The minimum absolute atomic E-state index is 0.503. The molecule has 0 bridgehead atoms. The van der Waals surface area contributed by atoms with Gasteiger partial charge in [-0.15, -0.1) is 0 Å². The first-order valence-electron chi connectivity index (χ1n) is 5.16. The molecule has 0 radical (unpaired) electrons. The van der Waals surface area contributed by atoms with Crippen LogP contribution in [0.15, 0.2) is 30.3 Å². The molecule has 1 aromatic carbocycles. The summed E-state index contributed by atoms with van der Waals surface area (Å²) in [6.45, 7) is 4.22. The van der Waals surface area contributed by atoms with E-state index < -0.39 is 0 Å². The SMILES string of the molecule is Cc1cc(CC(C)Br)c2ccccc2n1. The van der Waals surface area contributed by atoms with Crippen molar-refractivity contribution in [3.63, 3.8) is 0 Å². The third-order valence-electron chi connectivity index (χ3n) is 2.43. The van der Waals surface area contributed by atoms with Crippen molar-refractivity contribution in [2.24, 2.45) is 0 Å². The highest BCUT2D eigenvalue weighted by atomic mass is 79.9. The molecule has 1 unspecified atom stereocenters. The van der Waals surface area contributed by atoms with Gasteiger partial charge in [0.25, 0.3) is 0 Å². The summed E-state index contributed by atoms with van der Waals surface area (Å²) < 4.78 is 0. The number of rotatable bonds is 2. The first-order valence-corrected chi connectivity index (χ1v) is 6.07. The number of alkyl halides is 1. The van der Waals surface area contributed by atoms with E-state index in [1.165, 1.54) is 10.9 Å². The van der Waals surface area contributed by atoms with E-state index in [0.717, 1.165) is 17.6 Å². The van der Waals surface area contributed by atoms with Crippen LogP contribution in [-0.2, 0) is 6.42 Å². The Bertz CT molecular complexity index is 477. The molecule has 0 spiro atoms. The third-order valence-corrected chi connectivity index (χ3v) is 2.75. The van der Waals surface area contributed by atoms with Crippen molar-refractivity contribution >= 4 is 26.8 Å². The molecule has 2 heteroatoms. The van der Waals surface area contributed by atoms with Gasteiger partial charge in [-0.3, -0.25) is 4.98 Å².